The Kier molecular flexibility index (Phi) is 5.82. The first-order valence-electron chi connectivity index (χ1n) is 7.15. The molecule has 0 saturated carbocycles. The Morgan fingerprint density at radius 1 is 1.15 bits per heavy atom. The molecule has 1 aromatic carbocycles. The third kappa shape index (κ3) is 4.18. The number of aryl methyl sites for hydroxylation is 1. The van der Waals surface area contributed by atoms with Gasteiger partial charge in [-0.2, -0.15) is 0 Å². The molecule has 0 amide bonds. The highest BCUT2D eigenvalue weighted by atomic mass is 79.9. The van der Waals surface area contributed by atoms with E-state index in [4.69, 9.17) is 0 Å². The van der Waals surface area contributed by atoms with Gasteiger partial charge >= 0.3 is 0 Å². The van der Waals surface area contributed by atoms with Crippen molar-refractivity contribution in [3.8, 4) is 0 Å². The number of hydrogen-bond acceptors (Lipinski definition) is 2. The van der Waals surface area contributed by atoms with E-state index in [2.05, 4.69) is 77.7 Å². The Morgan fingerprint density at radius 3 is 2.35 bits per heavy atom. The van der Waals surface area contributed by atoms with E-state index in [0.29, 0.717) is 12.0 Å². The number of rotatable bonds is 6. The highest BCUT2D eigenvalue weighted by Crippen LogP contribution is 2.25. The van der Waals surface area contributed by atoms with E-state index in [1.807, 2.05) is 0 Å². The summed E-state index contributed by atoms with van der Waals surface area (Å²) < 4.78 is 1.20. The van der Waals surface area contributed by atoms with Crippen LogP contribution in [0.15, 0.2) is 39.5 Å². The molecule has 0 saturated heterocycles. The van der Waals surface area contributed by atoms with Gasteiger partial charge in [0.05, 0.1) is 3.79 Å². The van der Waals surface area contributed by atoms with Crippen molar-refractivity contribution in [2.45, 2.75) is 39.8 Å². The molecule has 1 unspecified atom stereocenters. The normalized spacial score (nSPS) is 12.8. The average Bonchev–Trinajstić information content (AvgIpc) is 2.85. The van der Waals surface area contributed by atoms with E-state index in [0.717, 1.165) is 13.0 Å². The first-order chi connectivity index (χ1) is 9.60. The molecule has 1 nitrogen and oxygen atoms in total. The van der Waals surface area contributed by atoms with E-state index in [9.17, 15) is 0 Å². The first kappa shape index (κ1) is 15.7. The lowest BCUT2D eigenvalue weighted by atomic mass is 9.94. The van der Waals surface area contributed by atoms with Crippen molar-refractivity contribution in [2.24, 2.45) is 5.92 Å². The predicted octanol–water partition coefficient (Wildman–Crippen LogP) is 5.56. The molecule has 3 heteroatoms. The molecule has 0 aliphatic carbocycles. The Labute approximate surface area is 134 Å². The van der Waals surface area contributed by atoms with Crippen LogP contribution in [0.2, 0.25) is 0 Å². The van der Waals surface area contributed by atoms with Crippen LogP contribution in [0.5, 0.6) is 0 Å². The molecular weight excluding hydrogens is 330 g/mol. The van der Waals surface area contributed by atoms with Gasteiger partial charge in [0, 0.05) is 12.6 Å². The van der Waals surface area contributed by atoms with Crippen LogP contribution in [-0.2, 0) is 13.0 Å². The van der Waals surface area contributed by atoms with Crippen LogP contribution in [0.1, 0.15) is 43.5 Å². The van der Waals surface area contributed by atoms with Crippen molar-refractivity contribution in [3.63, 3.8) is 0 Å². The topological polar surface area (TPSA) is 12.0 Å². The highest BCUT2D eigenvalue weighted by Gasteiger charge is 2.15. The third-order valence-corrected chi connectivity index (χ3v) is 5.11. The van der Waals surface area contributed by atoms with Gasteiger partial charge in [0.1, 0.15) is 0 Å². The minimum Gasteiger partial charge on any atom is -0.306 e. The summed E-state index contributed by atoms with van der Waals surface area (Å²) in [6, 6.07) is 11.6. The van der Waals surface area contributed by atoms with Crippen LogP contribution in [0, 0.1) is 5.92 Å². The van der Waals surface area contributed by atoms with Crippen LogP contribution >= 0.6 is 27.3 Å². The molecule has 0 bridgehead atoms. The number of benzene rings is 1. The van der Waals surface area contributed by atoms with E-state index in [1.165, 1.54) is 20.5 Å². The van der Waals surface area contributed by atoms with Gasteiger partial charge in [-0.05, 0) is 56.4 Å². The fourth-order valence-electron chi connectivity index (χ4n) is 2.37. The van der Waals surface area contributed by atoms with Gasteiger partial charge in [-0.1, -0.05) is 45.0 Å². The molecule has 0 spiro atoms. The SMILES string of the molecule is CCc1ccc(C(NCc2csc(Br)c2)C(C)C)cc1. The molecule has 20 heavy (non-hydrogen) atoms. The molecule has 1 atom stereocenters. The summed E-state index contributed by atoms with van der Waals surface area (Å²) in [7, 11) is 0. The Hall–Kier alpha value is -0.640. The van der Waals surface area contributed by atoms with Crippen molar-refractivity contribution in [3.05, 3.63) is 56.2 Å². The van der Waals surface area contributed by atoms with Crippen molar-refractivity contribution in [1.82, 2.24) is 5.32 Å². The van der Waals surface area contributed by atoms with Gasteiger partial charge in [-0.25, -0.2) is 0 Å². The second kappa shape index (κ2) is 7.39. The molecule has 0 radical (unpaired) electrons. The second-order valence-corrected chi connectivity index (χ2v) is 7.75. The van der Waals surface area contributed by atoms with E-state index >= 15 is 0 Å². The van der Waals surface area contributed by atoms with Gasteiger partial charge in [0.25, 0.3) is 0 Å². The van der Waals surface area contributed by atoms with Gasteiger partial charge in [-0.3, -0.25) is 0 Å². The molecule has 0 aliphatic rings. The fourth-order valence-corrected chi connectivity index (χ4v) is 3.57. The van der Waals surface area contributed by atoms with Crippen LogP contribution in [0.25, 0.3) is 0 Å². The summed E-state index contributed by atoms with van der Waals surface area (Å²) in [5.41, 5.74) is 4.13. The molecule has 1 N–H and O–H groups in total. The standard InChI is InChI=1S/C17H22BrNS/c1-4-13-5-7-15(8-6-13)17(12(2)3)19-10-14-9-16(18)20-11-14/h5-9,11-12,17,19H,4,10H2,1-3H3. The van der Waals surface area contributed by atoms with Crippen LogP contribution < -0.4 is 5.32 Å². The molecule has 2 aromatic rings. The lowest BCUT2D eigenvalue weighted by Gasteiger charge is -2.23. The van der Waals surface area contributed by atoms with Crippen molar-refractivity contribution < 1.29 is 0 Å². The summed E-state index contributed by atoms with van der Waals surface area (Å²) in [6.07, 6.45) is 1.10. The molecule has 1 heterocycles. The van der Waals surface area contributed by atoms with Gasteiger partial charge in [0.15, 0.2) is 0 Å². The van der Waals surface area contributed by atoms with Crippen LogP contribution in [0.4, 0.5) is 0 Å². The molecule has 1 aromatic heterocycles. The largest absolute Gasteiger partial charge is 0.306 e. The smallest absolute Gasteiger partial charge is 0.0701 e. The minimum absolute atomic E-state index is 0.402. The highest BCUT2D eigenvalue weighted by molar-refractivity contribution is 9.11. The lowest BCUT2D eigenvalue weighted by Crippen LogP contribution is -2.25. The van der Waals surface area contributed by atoms with Crippen molar-refractivity contribution in [1.29, 1.82) is 0 Å². The zero-order valence-corrected chi connectivity index (χ0v) is 14.7. The van der Waals surface area contributed by atoms with E-state index < -0.39 is 0 Å². The molecule has 2 rings (SSSR count). The summed E-state index contributed by atoms with van der Waals surface area (Å²) in [5, 5.41) is 5.89. The number of thiophene rings is 1. The summed E-state index contributed by atoms with van der Waals surface area (Å²) in [4.78, 5) is 0. The lowest BCUT2D eigenvalue weighted by molar-refractivity contribution is 0.411. The molecule has 0 aliphatic heterocycles. The predicted molar refractivity (Wildman–Crippen MR) is 92.3 cm³/mol. The zero-order chi connectivity index (χ0) is 14.5. The fraction of sp³-hybridized carbons (Fsp3) is 0.412. The minimum atomic E-state index is 0.402. The van der Waals surface area contributed by atoms with Crippen LogP contribution in [0.3, 0.4) is 0 Å². The number of hydrogen-bond donors (Lipinski definition) is 1. The van der Waals surface area contributed by atoms with E-state index in [-0.39, 0.29) is 0 Å². The van der Waals surface area contributed by atoms with E-state index in [1.54, 1.807) is 11.3 Å². The maximum Gasteiger partial charge on any atom is 0.0701 e. The Balaban J connectivity index is 2.06. The average molecular weight is 352 g/mol. The maximum absolute atomic E-state index is 3.69. The third-order valence-electron chi connectivity index (χ3n) is 3.56. The Morgan fingerprint density at radius 2 is 1.85 bits per heavy atom. The summed E-state index contributed by atoms with van der Waals surface area (Å²) in [6.45, 7) is 7.66. The first-order valence-corrected chi connectivity index (χ1v) is 8.82. The molecule has 0 fully saturated rings. The summed E-state index contributed by atoms with van der Waals surface area (Å²) >= 11 is 5.26. The van der Waals surface area contributed by atoms with Crippen LogP contribution in [-0.4, -0.2) is 0 Å². The van der Waals surface area contributed by atoms with Gasteiger partial charge in [0.2, 0.25) is 0 Å². The second-order valence-electron chi connectivity index (χ2n) is 5.46. The van der Waals surface area contributed by atoms with Crippen molar-refractivity contribution in [2.75, 3.05) is 0 Å². The quantitative estimate of drug-likeness (QED) is 0.718. The molecular formula is C17H22BrNS. The van der Waals surface area contributed by atoms with Gasteiger partial charge < -0.3 is 5.32 Å². The molecule has 108 valence electrons. The maximum atomic E-state index is 3.69. The Bertz CT molecular complexity index is 530. The number of halogens is 1. The number of nitrogens with one attached hydrogen (secondary N) is 1. The zero-order valence-electron chi connectivity index (χ0n) is 12.3. The monoisotopic (exact) mass is 351 g/mol. The summed E-state index contributed by atoms with van der Waals surface area (Å²) in [5.74, 6) is 0.574. The van der Waals surface area contributed by atoms with Crippen molar-refractivity contribution >= 4 is 27.3 Å². The van der Waals surface area contributed by atoms with Gasteiger partial charge in [-0.15, -0.1) is 11.3 Å².